The maximum Gasteiger partial charge on any atom is 0.318 e. The Kier molecular flexibility index (Phi) is 5.00. The number of amides is 3. The number of nitriles is 1. The zero-order valence-corrected chi connectivity index (χ0v) is 12.1. The monoisotopic (exact) mass is 296 g/mol. The molecule has 0 atom stereocenters. The number of benzene rings is 1. The van der Waals surface area contributed by atoms with Crippen LogP contribution in [-0.4, -0.2) is 47.9 Å². The lowest BCUT2D eigenvalue weighted by Gasteiger charge is -2.34. The van der Waals surface area contributed by atoms with Crippen molar-refractivity contribution in [2.24, 2.45) is 0 Å². The van der Waals surface area contributed by atoms with Crippen molar-refractivity contribution < 1.29 is 9.59 Å². The van der Waals surface area contributed by atoms with Crippen molar-refractivity contribution in [3.8, 4) is 18.4 Å². The number of piperazine rings is 1. The second-order valence-electron chi connectivity index (χ2n) is 4.91. The minimum Gasteiger partial charge on any atom is -0.335 e. The summed E-state index contributed by atoms with van der Waals surface area (Å²) in [5.41, 5.74) is 1.54. The van der Waals surface area contributed by atoms with Crippen LogP contribution in [0.4, 0.5) is 4.79 Å². The summed E-state index contributed by atoms with van der Waals surface area (Å²) in [6.45, 7) is 1.62. The molecule has 1 N–H and O–H groups in total. The van der Waals surface area contributed by atoms with E-state index in [0.717, 1.165) is 5.56 Å². The van der Waals surface area contributed by atoms with E-state index in [2.05, 4.69) is 17.3 Å². The van der Waals surface area contributed by atoms with E-state index < -0.39 is 0 Å². The van der Waals surface area contributed by atoms with Crippen molar-refractivity contribution in [2.45, 2.75) is 6.54 Å². The summed E-state index contributed by atoms with van der Waals surface area (Å²) >= 11 is 0. The van der Waals surface area contributed by atoms with E-state index in [1.165, 1.54) is 4.90 Å². The number of nitrogens with zero attached hydrogens (tertiary/aromatic N) is 3. The summed E-state index contributed by atoms with van der Waals surface area (Å²) in [5.74, 6) is 2.22. The van der Waals surface area contributed by atoms with Crippen LogP contribution in [0.15, 0.2) is 24.3 Å². The number of rotatable bonds is 3. The quantitative estimate of drug-likeness (QED) is 0.827. The number of hydrogen-bond donors (Lipinski definition) is 1. The molecule has 0 radical (unpaired) electrons. The van der Waals surface area contributed by atoms with Crippen LogP contribution in [0.5, 0.6) is 0 Å². The van der Waals surface area contributed by atoms with E-state index in [4.69, 9.17) is 11.7 Å². The number of carbonyl (C=O) groups excluding carboxylic acids is 2. The molecule has 1 saturated heterocycles. The molecule has 6 heteroatoms. The summed E-state index contributed by atoms with van der Waals surface area (Å²) < 4.78 is 0. The van der Waals surface area contributed by atoms with Crippen molar-refractivity contribution in [3.63, 3.8) is 0 Å². The molecule has 0 unspecified atom stereocenters. The minimum absolute atomic E-state index is 0.0483. The summed E-state index contributed by atoms with van der Waals surface area (Å²) in [6, 6.07) is 8.85. The van der Waals surface area contributed by atoms with Crippen molar-refractivity contribution in [1.82, 2.24) is 15.1 Å². The molecule has 6 nitrogen and oxygen atoms in total. The zero-order chi connectivity index (χ0) is 15.9. The molecule has 2 rings (SSSR count). The second-order valence-corrected chi connectivity index (χ2v) is 4.91. The smallest absolute Gasteiger partial charge is 0.318 e. The third-order valence-corrected chi connectivity index (χ3v) is 3.40. The predicted molar refractivity (Wildman–Crippen MR) is 80.4 cm³/mol. The van der Waals surface area contributed by atoms with Gasteiger partial charge in [0.1, 0.15) is 6.54 Å². The standard InChI is InChI=1S/C16H16N4O2/c1-2-7-18-16(22)20-9-8-19(15(21)12-20)11-14-5-3-13(10-17)4-6-14/h1,3-6H,7-9,11-12H2,(H,18,22). The van der Waals surface area contributed by atoms with Gasteiger partial charge in [0, 0.05) is 19.6 Å². The average molecular weight is 296 g/mol. The minimum atomic E-state index is -0.315. The Bertz CT molecular complexity index is 640. The first kappa shape index (κ1) is 15.4. The number of urea groups is 1. The molecule has 1 aliphatic heterocycles. The lowest BCUT2D eigenvalue weighted by molar-refractivity contribution is -0.135. The van der Waals surface area contributed by atoms with Crippen LogP contribution < -0.4 is 5.32 Å². The van der Waals surface area contributed by atoms with Gasteiger partial charge < -0.3 is 15.1 Å². The normalized spacial score (nSPS) is 14.2. The van der Waals surface area contributed by atoms with E-state index in [0.29, 0.717) is 25.2 Å². The summed E-state index contributed by atoms with van der Waals surface area (Å²) in [4.78, 5) is 27.0. The number of carbonyl (C=O) groups is 2. The van der Waals surface area contributed by atoms with Crippen LogP contribution in [0.1, 0.15) is 11.1 Å². The van der Waals surface area contributed by atoms with E-state index in [1.54, 1.807) is 17.0 Å². The molecule has 0 saturated carbocycles. The molecule has 1 aromatic carbocycles. The summed E-state index contributed by atoms with van der Waals surface area (Å²) in [6.07, 6.45) is 5.08. The van der Waals surface area contributed by atoms with Gasteiger partial charge in [0.25, 0.3) is 0 Å². The largest absolute Gasteiger partial charge is 0.335 e. The molecule has 0 aliphatic carbocycles. The van der Waals surface area contributed by atoms with Crippen molar-refractivity contribution >= 4 is 11.9 Å². The molecule has 1 aliphatic rings. The van der Waals surface area contributed by atoms with E-state index in [1.807, 2.05) is 12.1 Å². The molecule has 0 aromatic heterocycles. The van der Waals surface area contributed by atoms with Gasteiger partial charge in [-0.15, -0.1) is 6.42 Å². The first-order chi connectivity index (χ1) is 10.6. The molecule has 1 heterocycles. The highest BCUT2D eigenvalue weighted by atomic mass is 16.2. The molecule has 0 bridgehead atoms. The summed E-state index contributed by atoms with van der Waals surface area (Å²) in [5, 5.41) is 11.3. The van der Waals surface area contributed by atoms with Gasteiger partial charge in [0.2, 0.25) is 5.91 Å². The molecule has 3 amide bonds. The summed E-state index contributed by atoms with van der Waals surface area (Å²) in [7, 11) is 0. The number of terminal acetylenes is 1. The van der Waals surface area contributed by atoms with E-state index >= 15 is 0 Å². The molecular weight excluding hydrogens is 280 g/mol. The third kappa shape index (κ3) is 3.77. The lowest BCUT2D eigenvalue weighted by atomic mass is 10.1. The van der Waals surface area contributed by atoms with Crippen LogP contribution in [0.2, 0.25) is 0 Å². The van der Waals surface area contributed by atoms with Gasteiger partial charge in [0.15, 0.2) is 0 Å². The zero-order valence-electron chi connectivity index (χ0n) is 12.1. The van der Waals surface area contributed by atoms with E-state index in [-0.39, 0.29) is 25.0 Å². The Balaban J connectivity index is 1.90. The maximum absolute atomic E-state index is 12.1. The predicted octanol–water partition coefficient (Wildman–Crippen LogP) is 0.545. The molecule has 22 heavy (non-hydrogen) atoms. The average Bonchev–Trinajstić information content (AvgIpc) is 2.55. The van der Waals surface area contributed by atoms with Crippen molar-refractivity contribution in [1.29, 1.82) is 5.26 Å². The second kappa shape index (κ2) is 7.14. The highest BCUT2D eigenvalue weighted by Crippen LogP contribution is 2.11. The lowest BCUT2D eigenvalue weighted by Crippen LogP contribution is -2.54. The highest BCUT2D eigenvalue weighted by Gasteiger charge is 2.26. The number of hydrogen-bond acceptors (Lipinski definition) is 3. The first-order valence-corrected chi connectivity index (χ1v) is 6.87. The maximum atomic E-state index is 12.1. The Morgan fingerprint density at radius 3 is 2.64 bits per heavy atom. The Morgan fingerprint density at radius 1 is 1.32 bits per heavy atom. The first-order valence-electron chi connectivity index (χ1n) is 6.87. The van der Waals surface area contributed by atoms with Crippen LogP contribution >= 0.6 is 0 Å². The van der Waals surface area contributed by atoms with Crippen LogP contribution in [0.3, 0.4) is 0 Å². The van der Waals surface area contributed by atoms with Gasteiger partial charge in [-0.25, -0.2) is 4.79 Å². The van der Waals surface area contributed by atoms with Crippen molar-refractivity contribution in [3.05, 3.63) is 35.4 Å². The molecule has 1 aromatic rings. The third-order valence-electron chi connectivity index (χ3n) is 3.40. The van der Waals surface area contributed by atoms with Gasteiger partial charge in [-0.1, -0.05) is 18.1 Å². The van der Waals surface area contributed by atoms with Gasteiger partial charge >= 0.3 is 6.03 Å². The Morgan fingerprint density at radius 2 is 2.05 bits per heavy atom. The molecule has 1 fully saturated rings. The van der Waals surface area contributed by atoms with Gasteiger partial charge in [-0.3, -0.25) is 4.79 Å². The molecule has 0 spiro atoms. The molecular formula is C16H16N4O2. The van der Waals surface area contributed by atoms with Gasteiger partial charge in [0.05, 0.1) is 18.2 Å². The fraction of sp³-hybridized carbons (Fsp3) is 0.312. The Labute approximate surface area is 129 Å². The molecule has 112 valence electrons. The van der Waals surface area contributed by atoms with Gasteiger partial charge in [-0.2, -0.15) is 5.26 Å². The van der Waals surface area contributed by atoms with E-state index in [9.17, 15) is 9.59 Å². The van der Waals surface area contributed by atoms with Crippen LogP contribution in [-0.2, 0) is 11.3 Å². The Hall–Kier alpha value is -2.99. The fourth-order valence-corrected chi connectivity index (χ4v) is 2.19. The van der Waals surface area contributed by atoms with Gasteiger partial charge in [-0.05, 0) is 17.7 Å². The van der Waals surface area contributed by atoms with Crippen LogP contribution in [0.25, 0.3) is 0 Å². The van der Waals surface area contributed by atoms with Crippen molar-refractivity contribution in [2.75, 3.05) is 26.2 Å². The fourth-order valence-electron chi connectivity index (χ4n) is 2.19. The van der Waals surface area contributed by atoms with Crippen LogP contribution in [0, 0.1) is 23.7 Å². The topological polar surface area (TPSA) is 76.4 Å². The highest BCUT2D eigenvalue weighted by molar-refractivity contribution is 5.85. The SMILES string of the molecule is C#CCNC(=O)N1CCN(Cc2ccc(C#N)cc2)C(=O)C1. The number of nitrogens with one attached hydrogen (secondary N) is 1.